The van der Waals surface area contributed by atoms with Gasteiger partial charge in [0.1, 0.15) is 17.6 Å². The van der Waals surface area contributed by atoms with E-state index in [0.717, 1.165) is 16.5 Å². The van der Waals surface area contributed by atoms with Gasteiger partial charge in [-0.15, -0.1) is 0 Å². The van der Waals surface area contributed by atoms with Crippen molar-refractivity contribution in [3.63, 3.8) is 0 Å². The van der Waals surface area contributed by atoms with E-state index in [9.17, 15) is 9.59 Å². The molecule has 5 nitrogen and oxygen atoms in total. The molecule has 1 aromatic heterocycles. The second-order valence-electron chi connectivity index (χ2n) is 5.89. The maximum atomic E-state index is 12.2. The summed E-state index contributed by atoms with van der Waals surface area (Å²) in [5.74, 6) is 1.14. The normalized spacial score (nSPS) is 14.3. The van der Waals surface area contributed by atoms with Crippen LogP contribution in [0.3, 0.4) is 0 Å². The van der Waals surface area contributed by atoms with E-state index >= 15 is 0 Å². The molecule has 0 radical (unpaired) electrons. The second-order valence-corrected chi connectivity index (χ2v) is 6.80. The lowest BCUT2D eigenvalue weighted by atomic mass is 10.1. The highest BCUT2D eigenvalue weighted by Crippen LogP contribution is 2.19. The van der Waals surface area contributed by atoms with Gasteiger partial charge in [-0.25, -0.2) is 4.79 Å². The van der Waals surface area contributed by atoms with Gasteiger partial charge < -0.3 is 14.1 Å². The Morgan fingerprint density at radius 3 is 2.67 bits per heavy atom. The average molecular weight is 392 g/mol. The molecule has 0 spiro atoms. The summed E-state index contributed by atoms with van der Waals surface area (Å²) in [6.07, 6.45) is 1.15. The maximum Gasteiger partial charge on any atom is 0.339 e. The molecule has 24 heavy (non-hydrogen) atoms. The van der Waals surface area contributed by atoms with Gasteiger partial charge >= 0.3 is 5.63 Å². The first-order chi connectivity index (χ1) is 11.5. The molecular weight excluding hydrogens is 374 g/mol. The molecule has 1 aromatic carbocycles. The summed E-state index contributed by atoms with van der Waals surface area (Å²) in [5.41, 5.74) is 0.720. The zero-order valence-electron chi connectivity index (χ0n) is 13.3. The molecule has 1 amide bonds. The summed E-state index contributed by atoms with van der Waals surface area (Å²) in [6.45, 7) is 2.81. The summed E-state index contributed by atoms with van der Waals surface area (Å²) in [5, 5.41) is 0. The Balaban J connectivity index is 1.44. The van der Waals surface area contributed by atoms with Gasteiger partial charge in [0.15, 0.2) is 0 Å². The van der Waals surface area contributed by atoms with Crippen LogP contribution in [-0.4, -0.2) is 30.0 Å². The van der Waals surface area contributed by atoms with Crippen molar-refractivity contribution < 1.29 is 13.9 Å². The number of hydrogen-bond donors (Lipinski definition) is 0. The van der Waals surface area contributed by atoms with Crippen LogP contribution in [0, 0.1) is 6.92 Å². The summed E-state index contributed by atoms with van der Waals surface area (Å²) < 4.78 is 11.6. The quantitative estimate of drug-likeness (QED) is 0.785. The number of nitrogens with zero attached hydrogens (tertiary/aromatic N) is 1. The number of carbonyl (C=O) groups excluding carboxylic acids is 1. The Hall–Kier alpha value is -2.08. The van der Waals surface area contributed by atoms with E-state index in [1.165, 1.54) is 6.07 Å². The Bertz CT molecular complexity index is 778. The molecule has 0 aliphatic carbocycles. The third kappa shape index (κ3) is 4.26. The molecule has 1 aliphatic rings. The van der Waals surface area contributed by atoms with Crippen LogP contribution in [0.1, 0.15) is 17.7 Å². The van der Waals surface area contributed by atoms with Crippen molar-refractivity contribution in [1.82, 2.24) is 4.90 Å². The number of carbonyl (C=O) groups is 1. The van der Waals surface area contributed by atoms with Crippen LogP contribution in [0.25, 0.3) is 0 Å². The smallest absolute Gasteiger partial charge is 0.339 e. The SMILES string of the molecule is Cc1cc(OC2CN(C(=O)CCc3ccc(Br)cc3)C2)cc(=O)o1. The molecule has 0 N–H and O–H groups in total. The summed E-state index contributed by atoms with van der Waals surface area (Å²) in [4.78, 5) is 25.2. The van der Waals surface area contributed by atoms with Crippen molar-refractivity contribution in [2.75, 3.05) is 13.1 Å². The van der Waals surface area contributed by atoms with Crippen molar-refractivity contribution in [3.05, 3.63) is 62.6 Å². The highest BCUT2D eigenvalue weighted by molar-refractivity contribution is 9.10. The van der Waals surface area contributed by atoms with Crippen LogP contribution in [0.5, 0.6) is 5.75 Å². The van der Waals surface area contributed by atoms with E-state index in [1.807, 2.05) is 24.3 Å². The van der Waals surface area contributed by atoms with Crippen molar-refractivity contribution in [3.8, 4) is 5.75 Å². The number of likely N-dealkylation sites (tertiary alicyclic amines) is 1. The predicted molar refractivity (Wildman–Crippen MR) is 93.2 cm³/mol. The van der Waals surface area contributed by atoms with E-state index in [2.05, 4.69) is 15.9 Å². The Morgan fingerprint density at radius 2 is 2.00 bits per heavy atom. The van der Waals surface area contributed by atoms with Crippen LogP contribution >= 0.6 is 15.9 Å². The third-order valence-corrected chi connectivity index (χ3v) is 4.44. The lowest BCUT2D eigenvalue weighted by molar-refractivity contribution is -0.139. The second kappa shape index (κ2) is 7.21. The average Bonchev–Trinajstić information content (AvgIpc) is 2.48. The molecule has 1 saturated heterocycles. The number of aryl methyl sites for hydroxylation is 2. The molecule has 2 heterocycles. The van der Waals surface area contributed by atoms with E-state index < -0.39 is 5.63 Å². The first-order valence-corrected chi connectivity index (χ1v) is 8.59. The highest BCUT2D eigenvalue weighted by atomic mass is 79.9. The fourth-order valence-electron chi connectivity index (χ4n) is 2.61. The molecule has 0 saturated carbocycles. The summed E-state index contributed by atoms with van der Waals surface area (Å²) in [6, 6.07) is 11.0. The number of rotatable bonds is 5. The van der Waals surface area contributed by atoms with E-state index in [1.54, 1.807) is 17.9 Å². The molecule has 6 heteroatoms. The van der Waals surface area contributed by atoms with Gasteiger partial charge in [-0.3, -0.25) is 4.79 Å². The van der Waals surface area contributed by atoms with Crippen molar-refractivity contribution in [1.29, 1.82) is 0 Å². The van der Waals surface area contributed by atoms with Crippen molar-refractivity contribution >= 4 is 21.8 Å². The van der Waals surface area contributed by atoms with E-state index in [0.29, 0.717) is 31.0 Å². The zero-order valence-corrected chi connectivity index (χ0v) is 14.9. The molecule has 1 aliphatic heterocycles. The molecule has 3 rings (SSSR count). The Kier molecular flexibility index (Phi) is 5.04. The lowest BCUT2D eigenvalue weighted by Gasteiger charge is -2.39. The van der Waals surface area contributed by atoms with Gasteiger partial charge in [-0.05, 0) is 31.0 Å². The number of amides is 1. The van der Waals surface area contributed by atoms with Gasteiger partial charge in [-0.2, -0.15) is 0 Å². The first-order valence-electron chi connectivity index (χ1n) is 7.80. The number of benzene rings is 1. The van der Waals surface area contributed by atoms with Crippen LogP contribution in [-0.2, 0) is 11.2 Å². The van der Waals surface area contributed by atoms with Gasteiger partial charge in [0.25, 0.3) is 0 Å². The predicted octanol–water partition coefficient (Wildman–Crippen LogP) is 2.93. The minimum absolute atomic E-state index is 0.0668. The third-order valence-electron chi connectivity index (χ3n) is 3.91. The van der Waals surface area contributed by atoms with E-state index in [4.69, 9.17) is 9.15 Å². The molecule has 1 fully saturated rings. The van der Waals surface area contributed by atoms with Crippen LogP contribution < -0.4 is 10.4 Å². The van der Waals surface area contributed by atoms with Crippen molar-refractivity contribution in [2.45, 2.75) is 25.9 Å². The zero-order chi connectivity index (χ0) is 17.1. The van der Waals surface area contributed by atoms with Crippen molar-refractivity contribution in [2.24, 2.45) is 0 Å². The maximum absolute atomic E-state index is 12.2. The van der Waals surface area contributed by atoms with Gasteiger partial charge in [0.2, 0.25) is 5.91 Å². The summed E-state index contributed by atoms with van der Waals surface area (Å²) >= 11 is 3.40. The molecule has 0 unspecified atom stereocenters. The monoisotopic (exact) mass is 391 g/mol. The lowest BCUT2D eigenvalue weighted by Crippen LogP contribution is -2.56. The fraction of sp³-hybridized carbons (Fsp3) is 0.333. The minimum Gasteiger partial charge on any atom is -0.486 e. The fourth-order valence-corrected chi connectivity index (χ4v) is 2.88. The standard InChI is InChI=1S/C18H18BrNO4/c1-12-8-15(9-18(22)23-12)24-16-10-20(11-16)17(21)7-4-13-2-5-14(19)6-3-13/h2-3,5-6,8-9,16H,4,7,10-11H2,1H3. The molecule has 0 bridgehead atoms. The first kappa shape index (κ1) is 16.8. The molecular formula is C18H18BrNO4. The number of hydrogen-bond acceptors (Lipinski definition) is 4. The Morgan fingerprint density at radius 1 is 1.29 bits per heavy atom. The van der Waals surface area contributed by atoms with Gasteiger partial charge in [-0.1, -0.05) is 28.1 Å². The highest BCUT2D eigenvalue weighted by Gasteiger charge is 2.32. The largest absolute Gasteiger partial charge is 0.486 e. The molecule has 0 atom stereocenters. The van der Waals surface area contributed by atoms with Gasteiger partial charge in [0.05, 0.1) is 19.2 Å². The van der Waals surface area contributed by atoms with Crippen LogP contribution in [0.4, 0.5) is 0 Å². The minimum atomic E-state index is -0.424. The van der Waals surface area contributed by atoms with Crippen LogP contribution in [0.2, 0.25) is 0 Å². The topological polar surface area (TPSA) is 59.8 Å². The number of halogens is 1. The molecule has 126 valence electrons. The number of ether oxygens (including phenoxy) is 1. The van der Waals surface area contributed by atoms with Crippen LogP contribution in [0.15, 0.2) is 50.1 Å². The van der Waals surface area contributed by atoms with Gasteiger partial charge in [0, 0.05) is 17.0 Å². The van der Waals surface area contributed by atoms with E-state index in [-0.39, 0.29) is 12.0 Å². The molecule has 2 aromatic rings. The summed E-state index contributed by atoms with van der Waals surface area (Å²) in [7, 11) is 0. The Labute approximate surface area is 148 Å².